The molecule has 0 spiro atoms. The van der Waals surface area contributed by atoms with Gasteiger partial charge in [0, 0.05) is 26.2 Å². The van der Waals surface area contributed by atoms with E-state index < -0.39 is 22.1 Å². The molecule has 0 N–H and O–H groups in total. The molecular formula is C18H16F3N3O4S. The molecule has 0 bridgehead atoms. The maximum atomic E-state index is 12.8. The van der Waals surface area contributed by atoms with Crippen LogP contribution in [0.4, 0.5) is 19.2 Å². The zero-order valence-electron chi connectivity index (χ0n) is 15.0. The number of benzene rings is 2. The number of hydrogen-bond donors (Lipinski definition) is 0. The summed E-state index contributed by atoms with van der Waals surface area (Å²) in [6.07, 6.45) is -4.83. The van der Waals surface area contributed by atoms with Crippen molar-refractivity contribution in [2.75, 3.05) is 31.1 Å². The Bertz CT molecular complexity index is 1070. The predicted octanol–water partition coefficient (Wildman–Crippen LogP) is 3.24. The maximum Gasteiger partial charge on any atom is 0.573 e. The van der Waals surface area contributed by atoms with Gasteiger partial charge in [-0.3, -0.25) is 0 Å². The van der Waals surface area contributed by atoms with Gasteiger partial charge in [0.1, 0.15) is 11.3 Å². The summed E-state index contributed by atoms with van der Waals surface area (Å²) >= 11 is 0. The SMILES string of the molecule is O=S(=O)(c1ccc(OC(F)(F)F)cc1)N1CCN(c2nc3ccccc3o2)CC1. The molecule has 29 heavy (non-hydrogen) atoms. The molecule has 1 aliphatic rings. The van der Waals surface area contributed by atoms with Crippen LogP contribution in [0.5, 0.6) is 5.75 Å². The average molecular weight is 427 g/mol. The van der Waals surface area contributed by atoms with E-state index in [9.17, 15) is 21.6 Å². The fraction of sp³-hybridized carbons (Fsp3) is 0.278. The van der Waals surface area contributed by atoms with Gasteiger partial charge in [0.05, 0.1) is 4.90 Å². The first-order valence-electron chi connectivity index (χ1n) is 8.69. The summed E-state index contributed by atoms with van der Waals surface area (Å²) in [6, 6.07) is 11.9. The molecule has 0 radical (unpaired) electrons. The Balaban J connectivity index is 1.44. The second kappa shape index (κ2) is 7.23. The lowest BCUT2D eigenvalue weighted by molar-refractivity contribution is -0.274. The quantitative estimate of drug-likeness (QED) is 0.636. The molecule has 0 unspecified atom stereocenters. The Morgan fingerprint density at radius 1 is 0.966 bits per heavy atom. The van der Waals surface area contributed by atoms with E-state index in [0.717, 1.165) is 29.8 Å². The highest BCUT2D eigenvalue weighted by molar-refractivity contribution is 7.89. The number of anilines is 1. The Morgan fingerprint density at radius 2 is 1.62 bits per heavy atom. The van der Waals surface area contributed by atoms with Crippen molar-refractivity contribution in [1.29, 1.82) is 0 Å². The molecule has 1 saturated heterocycles. The van der Waals surface area contributed by atoms with Gasteiger partial charge in [0.25, 0.3) is 6.01 Å². The molecule has 154 valence electrons. The van der Waals surface area contributed by atoms with Gasteiger partial charge < -0.3 is 14.1 Å². The number of halogens is 3. The summed E-state index contributed by atoms with van der Waals surface area (Å²) < 4.78 is 73.0. The van der Waals surface area contributed by atoms with E-state index in [2.05, 4.69) is 9.72 Å². The van der Waals surface area contributed by atoms with Gasteiger partial charge >= 0.3 is 6.36 Å². The molecular weight excluding hydrogens is 411 g/mol. The number of rotatable bonds is 4. The van der Waals surface area contributed by atoms with E-state index in [1.807, 2.05) is 23.1 Å². The molecule has 0 aliphatic carbocycles. The zero-order valence-corrected chi connectivity index (χ0v) is 15.8. The first-order chi connectivity index (χ1) is 13.7. The molecule has 1 fully saturated rings. The normalized spacial score (nSPS) is 16.3. The van der Waals surface area contributed by atoms with Crippen molar-refractivity contribution in [2.45, 2.75) is 11.3 Å². The lowest BCUT2D eigenvalue weighted by atomic mass is 10.3. The van der Waals surface area contributed by atoms with Crippen molar-refractivity contribution in [1.82, 2.24) is 9.29 Å². The van der Waals surface area contributed by atoms with Crippen molar-refractivity contribution in [3.05, 3.63) is 48.5 Å². The minimum atomic E-state index is -4.83. The number of alkyl halides is 3. The van der Waals surface area contributed by atoms with Crippen molar-refractivity contribution in [3.63, 3.8) is 0 Å². The predicted molar refractivity (Wildman–Crippen MR) is 98.1 cm³/mol. The molecule has 0 saturated carbocycles. The van der Waals surface area contributed by atoms with Crippen LogP contribution in [-0.4, -0.2) is 50.2 Å². The summed E-state index contributed by atoms with van der Waals surface area (Å²) in [5.74, 6) is -0.475. The lowest BCUT2D eigenvalue weighted by Crippen LogP contribution is -2.48. The zero-order chi connectivity index (χ0) is 20.6. The smallest absolute Gasteiger partial charge is 0.423 e. The topological polar surface area (TPSA) is 75.9 Å². The van der Waals surface area contributed by atoms with Crippen LogP contribution >= 0.6 is 0 Å². The van der Waals surface area contributed by atoms with E-state index in [0.29, 0.717) is 24.7 Å². The van der Waals surface area contributed by atoms with Crippen LogP contribution in [-0.2, 0) is 10.0 Å². The Hall–Kier alpha value is -2.79. The minimum Gasteiger partial charge on any atom is -0.423 e. The number of aromatic nitrogens is 1. The van der Waals surface area contributed by atoms with Gasteiger partial charge in [0.2, 0.25) is 10.0 Å². The third-order valence-corrected chi connectivity index (χ3v) is 6.40. The summed E-state index contributed by atoms with van der Waals surface area (Å²) in [5.41, 5.74) is 1.37. The molecule has 1 aliphatic heterocycles. The van der Waals surface area contributed by atoms with E-state index in [1.54, 1.807) is 6.07 Å². The maximum absolute atomic E-state index is 12.8. The van der Waals surface area contributed by atoms with Gasteiger partial charge in [-0.2, -0.15) is 9.29 Å². The highest BCUT2D eigenvalue weighted by Gasteiger charge is 2.32. The molecule has 0 atom stereocenters. The third kappa shape index (κ3) is 4.15. The average Bonchev–Trinajstić information content (AvgIpc) is 3.11. The van der Waals surface area contributed by atoms with Gasteiger partial charge in [-0.25, -0.2) is 8.42 Å². The fourth-order valence-corrected chi connectivity index (χ4v) is 4.50. The van der Waals surface area contributed by atoms with E-state index >= 15 is 0 Å². The van der Waals surface area contributed by atoms with Crippen molar-refractivity contribution in [3.8, 4) is 5.75 Å². The molecule has 4 rings (SSSR count). The number of piperazine rings is 1. The summed E-state index contributed by atoms with van der Waals surface area (Å²) in [4.78, 5) is 6.16. The van der Waals surface area contributed by atoms with Gasteiger partial charge in [-0.15, -0.1) is 13.2 Å². The van der Waals surface area contributed by atoms with E-state index in [4.69, 9.17) is 4.42 Å². The van der Waals surface area contributed by atoms with Crippen molar-refractivity contribution >= 4 is 27.1 Å². The number of nitrogens with zero attached hydrogens (tertiary/aromatic N) is 3. The van der Waals surface area contributed by atoms with Crippen LogP contribution in [0.2, 0.25) is 0 Å². The monoisotopic (exact) mass is 427 g/mol. The van der Waals surface area contributed by atoms with Crippen LogP contribution < -0.4 is 9.64 Å². The second-order valence-corrected chi connectivity index (χ2v) is 8.31. The van der Waals surface area contributed by atoms with Crippen LogP contribution in [0.3, 0.4) is 0 Å². The molecule has 0 amide bonds. The fourth-order valence-electron chi connectivity index (χ4n) is 3.08. The van der Waals surface area contributed by atoms with Crippen LogP contribution in [0.1, 0.15) is 0 Å². The van der Waals surface area contributed by atoms with Gasteiger partial charge in [-0.1, -0.05) is 12.1 Å². The lowest BCUT2D eigenvalue weighted by Gasteiger charge is -2.33. The van der Waals surface area contributed by atoms with Crippen LogP contribution in [0.25, 0.3) is 11.1 Å². The molecule has 2 aromatic carbocycles. The molecule has 7 nitrogen and oxygen atoms in total. The Morgan fingerprint density at radius 3 is 2.24 bits per heavy atom. The number of fused-ring (bicyclic) bond motifs is 1. The molecule has 1 aromatic heterocycles. The first kappa shape index (κ1) is 19.5. The minimum absolute atomic E-state index is 0.0951. The number of hydrogen-bond acceptors (Lipinski definition) is 6. The number of ether oxygens (including phenoxy) is 1. The highest BCUT2D eigenvalue weighted by atomic mass is 32.2. The van der Waals surface area contributed by atoms with E-state index in [-0.39, 0.29) is 18.0 Å². The second-order valence-electron chi connectivity index (χ2n) is 6.37. The van der Waals surface area contributed by atoms with Crippen LogP contribution in [0, 0.1) is 0 Å². The molecule has 11 heteroatoms. The number of para-hydroxylation sites is 2. The van der Waals surface area contributed by atoms with Gasteiger partial charge in [-0.05, 0) is 36.4 Å². The Labute approximate surface area is 164 Å². The van der Waals surface area contributed by atoms with Crippen molar-refractivity contribution < 1.29 is 30.7 Å². The molecule has 3 aromatic rings. The standard InChI is InChI=1S/C18H16F3N3O4S/c19-18(20,21)28-13-5-7-14(8-6-13)29(25,26)24-11-9-23(10-12-24)17-22-15-3-1-2-4-16(15)27-17/h1-8H,9-12H2. The van der Waals surface area contributed by atoms with E-state index in [1.165, 1.54) is 4.31 Å². The number of oxazole rings is 1. The summed E-state index contributed by atoms with van der Waals surface area (Å²) in [7, 11) is -3.83. The number of sulfonamides is 1. The summed E-state index contributed by atoms with van der Waals surface area (Å²) in [6.45, 7) is 1.15. The summed E-state index contributed by atoms with van der Waals surface area (Å²) in [5, 5.41) is 0. The Kier molecular flexibility index (Phi) is 4.87. The van der Waals surface area contributed by atoms with Crippen LogP contribution in [0.15, 0.2) is 57.8 Å². The van der Waals surface area contributed by atoms with Gasteiger partial charge in [0.15, 0.2) is 5.58 Å². The molecule has 2 heterocycles. The largest absolute Gasteiger partial charge is 0.573 e. The first-order valence-corrected chi connectivity index (χ1v) is 10.1. The third-order valence-electron chi connectivity index (χ3n) is 4.49. The highest BCUT2D eigenvalue weighted by Crippen LogP contribution is 2.27. The van der Waals surface area contributed by atoms with Crippen molar-refractivity contribution in [2.24, 2.45) is 0 Å².